The van der Waals surface area contributed by atoms with E-state index < -0.39 is 21.8 Å². The van der Waals surface area contributed by atoms with Crippen LogP contribution in [0.15, 0.2) is 58.3 Å². The van der Waals surface area contributed by atoms with Gasteiger partial charge in [-0.3, -0.25) is 0 Å². The molecule has 2 rings (SSSR count). The molecule has 0 fully saturated rings. The lowest BCUT2D eigenvalue weighted by Crippen LogP contribution is -2.27. The van der Waals surface area contributed by atoms with Crippen LogP contribution in [0.4, 0.5) is 0 Å². The molecule has 7 nitrogen and oxygen atoms in total. The molecule has 140 valence electrons. The molecule has 0 spiro atoms. The lowest BCUT2D eigenvalue weighted by molar-refractivity contribution is -0.849. The number of benzene rings is 2. The van der Waals surface area contributed by atoms with Crippen molar-refractivity contribution in [1.82, 2.24) is 0 Å². The maximum absolute atomic E-state index is 12.3. The zero-order chi connectivity index (χ0) is 20.1. The maximum Gasteiger partial charge on any atom is 0.335 e. The standard InChI is InChI=1S/C14H10O6S.C4H12N/c15-13(16)9-1-5-11(6-2-9)21(19,20)12-7-3-10(4-8-12)14(17)18;1-5(2,3)4/h1-8H,(H,15,16)(H,17,18);1-4H3/q;+1/p-1. The quantitative estimate of drug-likeness (QED) is 0.790. The number of sulfone groups is 1. The van der Waals surface area contributed by atoms with Crippen molar-refractivity contribution in [1.29, 1.82) is 0 Å². The summed E-state index contributed by atoms with van der Waals surface area (Å²) in [5, 5.41) is 19.4. The van der Waals surface area contributed by atoms with Gasteiger partial charge >= 0.3 is 5.97 Å². The van der Waals surface area contributed by atoms with E-state index in [1.54, 1.807) is 0 Å². The molecule has 2 aromatic carbocycles. The van der Waals surface area contributed by atoms with Crippen LogP contribution in [-0.4, -0.2) is 58.1 Å². The van der Waals surface area contributed by atoms with Gasteiger partial charge in [-0.2, -0.15) is 0 Å². The average molecular weight is 379 g/mol. The van der Waals surface area contributed by atoms with Crippen molar-refractivity contribution >= 4 is 21.8 Å². The molecule has 0 unspecified atom stereocenters. The van der Waals surface area contributed by atoms with Gasteiger partial charge in [0.05, 0.1) is 49.5 Å². The van der Waals surface area contributed by atoms with Gasteiger partial charge in [0, 0.05) is 0 Å². The Balaban J connectivity index is 0.000000597. The highest BCUT2D eigenvalue weighted by molar-refractivity contribution is 7.91. The number of quaternary nitrogens is 1. The zero-order valence-electron chi connectivity index (χ0n) is 15.0. The summed E-state index contributed by atoms with van der Waals surface area (Å²) in [5.74, 6) is -2.55. The first-order valence-corrected chi connectivity index (χ1v) is 8.99. The molecule has 0 bridgehead atoms. The molecular formula is C18H21NO6S. The highest BCUT2D eigenvalue weighted by Gasteiger charge is 2.18. The van der Waals surface area contributed by atoms with Crippen LogP contribution in [0.25, 0.3) is 0 Å². The van der Waals surface area contributed by atoms with Gasteiger partial charge in [-0.15, -0.1) is 0 Å². The van der Waals surface area contributed by atoms with Crippen LogP contribution < -0.4 is 5.11 Å². The van der Waals surface area contributed by atoms with E-state index in [0.29, 0.717) is 0 Å². The van der Waals surface area contributed by atoms with Gasteiger partial charge in [0.1, 0.15) is 0 Å². The van der Waals surface area contributed by atoms with Crippen LogP contribution in [0.3, 0.4) is 0 Å². The van der Waals surface area contributed by atoms with Gasteiger partial charge in [0.25, 0.3) is 0 Å². The first-order valence-electron chi connectivity index (χ1n) is 7.51. The number of carbonyl (C=O) groups is 2. The van der Waals surface area contributed by atoms with Crippen molar-refractivity contribution in [3.8, 4) is 0 Å². The molecule has 0 radical (unpaired) electrons. The van der Waals surface area contributed by atoms with E-state index >= 15 is 0 Å². The molecule has 1 N–H and O–H groups in total. The molecular weight excluding hydrogens is 358 g/mol. The Hall–Kier alpha value is -2.71. The molecule has 0 amide bonds. The minimum absolute atomic E-state index is 0.0266. The number of nitrogens with zero attached hydrogens (tertiary/aromatic N) is 1. The number of carbonyl (C=O) groups excluding carboxylic acids is 1. The van der Waals surface area contributed by atoms with Crippen LogP contribution in [0.2, 0.25) is 0 Å². The Morgan fingerprint density at radius 3 is 1.38 bits per heavy atom. The third kappa shape index (κ3) is 6.30. The second kappa shape index (κ2) is 8.11. The SMILES string of the molecule is C[N+](C)(C)C.O=C([O-])c1ccc(S(=O)(=O)c2ccc(C(=O)O)cc2)cc1. The van der Waals surface area contributed by atoms with Crippen molar-refractivity contribution in [2.75, 3.05) is 28.2 Å². The monoisotopic (exact) mass is 379 g/mol. The molecule has 0 atom stereocenters. The Bertz CT molecular complexity index is 809. The largest absolute Gasteiger partial charge is 0.545 e. The number of carboxylic acids is 2. The van der Waals surface area contributed by atoms with E-state index in [1.165, 1.54) is 24.3 Å². The second-order valence-electron chi connectivity index (χ2n) is 6.83. The topological polar surface area (TPSA) is 112 Å². The van der Waals surface area contributed by atoms with Crippen LogP contribution in [-0.2, 0) is 9.84 Å². The molecule has 2 aromatic rings. The van der Waals surface area contributed by atoms with Crippen molar-refractivity contribution in [3.05, 3.63) is 59.7 Å². The minimum Gasteiger partial charge on any atom is -0.545 e. The van der Waals surface area contributed by atoms with Gasteiger partial charge in [-0.05, 0) is 42.0 Å². The van der Waals surface area contributed by atoms with Gasteiger partial charge in [0.15, 0.2) is 0 Å². The number of carboxylic acid groups (broad SMARTS) is 2. The number of hydrogen-bond donors (Lipinski definition) is 1. The van der Waals surface area contributed by atoms with Crippen molar-refractivity contribution in [2.45, 2.75) is 9.79 Å². The first kappa shape index (κ1) is 21.3. The van der Waals surface area contributed by atoms with E-state index in [2.05, 4.69) is 28.2 Å². The summed E-state index contributed by atoms with van der Waals surface area (Å²) in [5.41, 5.74) is -0.156. The van der Waals surface area contributed by atoms with Gasteiger partial charge in [-0.25, -0.2) is 13.2 Å². The van der Waals surface area contributed by atoms with Gasteiger partial charge in [-0.1, -0.05) is 12.1 Å². The molecule has 0 aliphatic heterocycles. The smallest absolute Gasteiger partial charge is 0.335 e. The number of rotatable bonds is 4. The van der Waals surface area contributed by atoms with E-state index in [9.17, 15) is 23.1 Å². The third-order valence-corrected chi connectivity index (χ3v) is 4.60. The predicted octanol–water partition coefficient (Wildman–Crippen LogP) is 0.904. The summed E-state index contributed by atoms with van der Waals surface area (Å²) >= 11 is 0. The van der Waals surface area contributed by atoms with Crippen molar-refractivity contribution in [2.24, 2.45) is 0 Å². The Kier molecular flexibility index (Phi) is 6.66. The van der Waals surface area contributed by atoms with E-state index in [4.69, 9.17) is 5.11 Å². The predicted molar refractivity (Wildman–Crippen MR) is 93.6 cm³/mol. The molecule has 0 saturated heterocycles. The van der Waals surface area contributed by atoms with E-state index in [1.807, 2.05) is 0 Å². The molecule has 8 heteroatoms. The zero-order valence-corrected chi connectivity index (χ0v) is 15.8. The van der Waals surface area contributed by atoms with Gasteiger partial charge in [0.2, 0.25) is 9.84 Å². The molecule has 0 aliphatic rings. The molecule has 0 aromatic heterocycles. The summed E-state index contributed by atoms with van der Waals surface area (Å²) < 4.78 is 25.6. The summed E-state index contributed by atoms with van der Waals surface area (Å²) in [6.07, 6.45) is 0. The van der Waals surface area contributed by atoms with Gasteiger partial charge < -0.3 is 19.5 Å². The fourth-order valence-corrected chi connectivity index (χ4v) is 2.94. The van der Waals surface area contributed by atoms with Crippen LogP contribution in [0.1, 0.15) is 20.7 Å². The summed E-state index contributed by atoms with van der Waals surface area (Å²) in [6.45, 7) is 0. The fourth-order valence-electron chi connectivity index (χ4n) is 1.68. The molecule has 0 saturated carbocycles. The van der Waals surface area contributed by atoms with Crippen LogP contribution in [0.5, 0.6) is 0 Å². The Morgan fingerprint density at radius 1 is 0.808 bits per heavy atom. The summed E-state index contributed by atoms with van der Waals surface area (Å²) in [7, 11) is 4.67. The minimum atomic E-state index is -3.83. The average Bonchev–Trinajstić information content (AvgIpc) is 2.53. The second-order valence-corrected chi connectivity index (χ2v) is 8.78. The molecule has 0 aliphatic carbocycles. The highest BCUT2D eigenvalue weighted by atomic mass is 32.2. The highest BCUT2D eigenvalue weighted by Crippen LogP contribution is 2.21. The summed E-state index contributed by atoms with van der Waals surface area (Å²) in [4.78, 5) is 21.2. The van der Waals surface area contributed by atoms with Crippen LogP contribution in [0, 0.1) is 0 Å². The van der Waals surface area contributed by atoms with Crippen molar-refractivity contribution in [3.63, 3.8) is 0 Å². The summed E-state index contributed by atoms with van der Waals surface area (Å²) in [6, 6.07) is 9.32. The molecule has 26 heavy (non-hydrogen) atoms. The maximum atomic E-state index is 12.3. The first-order chi connectivity index (χ1) is 11.8. The third-order valence-electron chi connectivity index (χ3n) is 2.81. The number of hydrogen-bond acceptors (Lipinski definition) is 5. The van der Waals surface area contributed by atoms with E-state index in [-0.39, 0.29) is 20.9 Å². The van der Waals surface area contributed by atoms with E-state index in [0.717, 1.165) is 28.7 Å². The Morgan fingerprint density at radius 2 is 1.12 bits per heavy atom. The van der Waals surface area contributed by atoms with Crippen LogP contribution >= 0.6 is 0 Å². The van der Waals surface area contributed by atoms with Crippen molar-refractivity contribution < 1.29 is 32.7 Å². The lowest BCUT2D eigenvalue weighted by Gasteiger charge is -2.14. The number of aromatic carboxylic acids is 2. The normalized spacial score (nSPS) is 11.2. The molecule has 0 heterocycles. The lowest BCUT2D eigenvalue weighted by atomic mass is 10.2. The fraction of sp³-hybridized carbons (Fsp3) is 0.222. The Labute approximate surface area is 152 Å².